The fraction of sp³-hybridized carbons (Fsp3) is 1.00. The fourth-order valence-electron chi connectivity index (χ4n) is 0.883. The summed E-state index contributed by atoms with van der Waals surface area (Å²) in [5, 5.41) is 3.05. The predicted octanol–water partition coefficient (Wildman–Crippen LogP) is -1.13. The maximum absolute atomic E-state index is 11.2. The normalized spacial score (nSPS) is 19.0. The Bertz CT molecular complexity index is 246. The van der Waals surface area contributed by atoms with Gasteiger partial charge in [0.05, 0.1) is 18.5 Å². The van der Waals surface area contributed by atoms with Crippen molar-refractivity contribution in [2.45, 2.75) is 6.10 Å². The summed E-state index contributed by atoms with van der Waals surface area (Å²) in [6.07, 6.45) is 0.206. The third kappa shape index (κ3) is 3.22. The summed E-state index contributed by atoms with van der Waals surface area (Å²) in [5.41, 5.74) is 0. The van der Waals surface area contributed by atoms with Gasteiger partial charge in [-0.15, -0.1) is 0 Å². The lowest BCUT2D eigenvalue weighted by Gasteiger charge is -2.27. The van der Waals surface area contributed by atoms with Crippen LogP contribution >= 0.6 is 0 Å². The second-order valence-corrected chi connectivity index (χ2v) is 5.55. The van der Waals surface area contributed by atoms with Crippen LogP contribution in [0.15, 0.2) is 0 Å². The van der Waals surface area contributed by atoms with Crippen molar-refractivity contribution in [2.75, 3.05) is 39.5 Å². The minimum Gasteiger partial charge on any atom is -0.374 e. The van der Waals surface area contributed by atoms with Gasteiger partial charge in [0.25, 0.3) is 0 Å². The Hall–Kier alpha value is -0.170. The van der Waals surface area contributed by atoms with Gasteiger partial charge < -0.3 is 10.1 Å². The van der Waals surface area contributed by atoms with E-state index in [0.29, 0.717) is 0 Å². The largest absolute Gasteiger partial charge is 0.374 e. The summed E-state index contributed by atoms with van der Waals surface area (Å²) in [6.45, 7) is 1.96. The molecule has 0 spiro atoms. The zero-order chi connectivity index (χ0) is 9.90. The van der Waals surface area contributed by atoms with Gasteiger partial charge in [0.15, 0.2) is 0 Å². The zero-order valence-corrected chi connectivity index (χ0v) is 8.80. The molecule has 78 valence electrons. The molecule has 0 radical (unpaired) electrons. The molecule has 1 aliphatic heterocycles. The summed E-state index contributed by atoms with van der Waals surface area (Å²) >= 11 is 0. The van der Waals surface area contributed by atoms with Crippen LogP contribution in [-0.2, 0) is 14.8 Å². The van der Waals surface area contributed by atoms with Crippen LogP contribution in [0.25, 0.3) is 0 Å². The van der Waals surface area contributed by atoms with Gasteiger partial charge in [-0.3, -0.25) is 0 Å². The van der Waals surface area contributed by atoms with Crippen molar-refractivity contribution in [2.24, 2.45) is 0 Å². The third-order valence-electron chi connectivity index (χ3n) is 2.00. The first kappa shape index (κ1) is 10.9. The Balaban J connectivity index is 2.17. The third-order valence-corrected chi connectivity index (χ3v) is 3.79. The molecule has 0 aromatic heterocycles. The molecular weight excluding hydrogens is 192 g/mol. The molecule has 1 aliphatic rings. The first-order valence-corrected chi connectivity index (χ1v) is 5.86. The minimum absolute atomic E-state index is 0.0660. The van der Waals surface area contributed by atoms with Crippen molar-refractivity contribution in [3.63, 3.8) is 0 Å². The van der Waals surface area contributed by atoms with Gasteiger partial charge in [-0.1, -0.05) is 0 Å². The molecule has 0 atom stereocenters. The second-order valence-electron chi connectivity index (χ2n) is 3.25. The Kier molecular flexibility index (Phi) is 3.66. The number of nitrogens with zero attached hydrogens (tertiary/aromatic N) is 1. The quantitative estimate of drug-likeness (QED) is 0.621. The Morgan fingerprint density at radius 2 is 2.08 bits per heavy atom. The lowest BCUT2D eigenvalue weighted by atomic mass is 10.2. The zero-order valence-electron chi connectivity index (χ0n) is 7.99. The van der Waals surface area contributed by atoms with E-state index in [1.54, 1.807) is 0 Å². The first-order valence-electron chi connectivity index (χ1n) is 4.25. The molecule has 1 rings (SSSR count). The van der Waals surface area contributed by atoms with Crippen LogP contribution in [0.5, 0.6) is 0 Å². The number of hydrogen-bond acceptors (Lipinski definition) is 4. The van der Waals surface area contributed by atoms with E-state index in [1.165, 1.54) is 18.4 Å². The predicted molar refractivity (Wildman–Crippen MR) is 50.1 cm³/mol. The monoisotopic (exact) mass is 208 g/mol. The molecule has 1 fully saturated rings. The SMILES string of the molecule is CN(C)S(=O)(=O)CCOC1CNC1. The molecule has 1 N–H and O–H groups in total. The molecular formula is C7H16N2O3S. The standard InChI is InChI=1S/C7H16N2O3S/c1-9(2)13(10,11)4-3-12-7-5-8-6-7/h7-8H,3-6H2,1-2H3. The average Bonchev–Trinajstić information content (AvgIpc) is 1.94. The maximum Gasteiger partial charge on any atom is 0.215 e. The van der Waals surface area contributed by atoms with Crippen LogP contribution < -0.4 is 5.32 Å². The van der Waals surface area contributed by atoms with Crippen molar-refractivity contribution < 1.29 is 13.2 Å². The van der Waals surface area contributed by atoms with Crippen LogP contribution in [0.3, 0.4) is 0 Å². The van der Waals surface area contributed by atoms with Gasteiger partial charge in [0.2, 0.25) is 10.0 Å². The summed E-state index contributed by atoms with van der Waals surface area (Å²) in [5.74, 6) is 0.0660. The topological polar surface area (TPSA) is 58.6 Å². The summed E-state index contributed by atoms with van der Waals surface area (Å²) in [6, 6.07) is 0. The first-order chi connectivity index (χ1) is 6.02. The van der Waals surface area contributed by atoms with Crippen LogP contribution in [0.2, 0.25) is 0 Å². The molecule has 1 heterocycles. The summed E-state index contributed by atoms with van der Waals surface area (Å²) in [7, 11) is -0.0340. The van der Waals surface area contributed by atoms with E-state index >= 15 is 0 Å². The van der Waals surface area contributed by atoms with E-state index < -0.39 is 10.0 Å². The maximum atomic E-state index is 11.2. The van der Waals surface area contributed by atoms with Crippen LogP contribution in [0, 0.1) is 0 Å². The fourth-order valence-corrected chi connectivity index (χ4v) is 1.55. The number of hydrogen-bond donors (Lipinski definition) is 1. The number of ether oxygens (including phenoxy) is 1. The lowest BCUT2D eigenvalue weighted by molar-refractivity contribution is 0.0278. The molecule has 1 saturated heterocycles. The second kappa shape index (κ2) is 4.36. The number of rotatable bonds is 5. The van der Waals surface area contributed by atoms with E-state index in [-0.39, 0.29) is 18.5 Å². The van der Waals surface area contributed by atoms with E-state index in [4.69, 9.17) is 4.74 Å². The van der Waals surface area contributed by atoms with E-state index in [2.05, 4.69) is 5.32 Å². The molecule has 6 heteroatoms. The van der Waals surface area contributed by atoms with E-state index in [1.807, 2.05) is 0 Å². The van der Waals surface area contributed by atoms with Crippen molar-refractivity contribution in [1.82, 2.24) is 9.62 Å². The van der Waals surface area contributed by atoms with Gasteiger partial charge in [-0.2, -0.15) is 0 Å². The van der Waals surface area contributed by atoms with Gasteiger partial charge in [-0.05, 0) is 0 Å². The van der Waals surface area contributed by atoms with Crippen molar-refractivity contribution in [1.29, 1.82) is 0 Å². The van der Waals surface area contributed by atoms with Crippen LogP contribution in [-0.4, -0.2) is 58.4 Å². The Morgan fingerprint density at radius 3 is 2.46 bits per heavy atom. The molecule has 13 heavy (non-hydrogen) atoms. The number of sulfonamides is 1. The van der Waals surface area contributed by atoms with Gasteiger partial charge in [-0.25, -0.2) is 12.7 Å². The van der Waals surface area contributed by atoms with Crippen molar-refractivity contribution in [3.05, 3.63) is 0 Å². The van der Waals surface area contributed by atoms with E-state index in [9.17, 15) is 8.42 Å². The molecule has 0 unspecified atom stereocenters. The highest BCUT2D eigenvalue weighted by atomic mass is 32.2. The van der Waals surface area contributed by atoms with E-state index in [0.717, 1.165) is 13.1 Å². The van der Waals surface area contributed by atoms with Gasteiger partial charge >= 0.3 is 0 Å². The molecule has 0 bridgehead atoms. The highest BCUT2D eigenvalue weighted by Crippen LogP contribution is 2.00. The van der Waals surface area contributed by atoms with Crippen LogP contribution in [0.4, 0.5) is 0 Å². The smallest absolute Gasteiger partial charge is 0.215 e. The Labute approximate surface area is 79.1 Å². The average molecular weight is 208 g/mol. The number of nitrogens with one attached hydrogen (secondary N) is 1. The highest BCUT2D eigenvalue weighted by Gasteiger charge is 2.19. The van der Waals surface area contributed by atoms with Gasteiger partial charge in [0.1, 0.15) is 0 Å². The van der Waals surface area contributed by atoms with Crippen molar-refractivity contribution >= 4 is 10.0 Å². The molecule has 5 nitrogen and oxygen atoms in total. The molecule has 0 aromatic rings. The highest BCUT2D eigenvalue weighted by molar-refractivity contribution is 7.89. The molecule has 0 aliphatic carbocycles. The minimum atomic E-state index is -3.09. The molecule has 0 amide bonds. The summed E-state index contributed by atoms with van der Waals surface area (Å²) in [4.78, 5) is 0. The Morgan fingerprint density at radius 1 is 1.46 bits per heavy atom. The van der Waals surface area contributed by atoms with Gasteiger partial charge in [0, 0.05) is 27.2 Å². The van der Waals surface area contributed by atoms with Crippen LogP contribution in [0.1, 0.15) is 0 Å². The lowest BCUT2D eigenvalue weighted by Crippen LogP contribution is -2.49. The molecule has 0 aromatic carbocycles. The molecule has 0 saturated carbocycles. The van der Waals surface area contributed by atoms with Crippen molar-refractivity contribution in [3.8, 4) is 0 Å². The summed E-state index contributed by atoms with van der Waals surface area (Å²) < 4.78 is 29.0.